The van der Waals surface area contributed by atoms with Gasteiger partial charge in [-0.3, -0.25) is 4.57 Å². The molecule has 0 atom stereocenters. The molecule has 12 rings (SSSR count). The van der Waals surface area contributed by atoms with Crippen molar-refractivity contribution in [3.8, 4) is 17.2 Å². The van der Waals surface area contributed by atoms with E-state index >= 15 is 0 Å². The molecule has 9 aromatic carbocycles. The number of aromatic nitrogens is 3. The molecular formula is C52H32N4O. The van der Waals surface area contributed by atoms with Crippen molar-refractivity contribution >= 4 is 93.3 Å². The second kappa shape index (κ2) is 12.4. The first kappa shape index (κ1) is 31.6. The summed E-state index contributed by atoms with van der Waals surface area (Å²) in [6, 6.07) is 68.4. The van der Waals surface area contributed by atoms with Crippen LogP contribution in [0.4, 0.5) is 17.1 Å². The van der Waals surface area contributed by atoms with Gasteiger partial charge in [-0.25, -0.2) is 9.97 Å². The quantitative estimate of drug-likeness (QED) is 0.177. The van der Waals surface area contributed by atoms with E-state index < -0.39 is 0 Å². The van der Waals surface area contributed by atoms with E-state index in [1.807, 2.05) is 12.1 Å². The van der Waals surface area contributed by atoms with Crippen LogP contribution in [0.3, 0.4) is 0 Å². The van der Waals surface area contributed by atoms with E-state index in [4.69, 9.17) is 14.4 Å². The van der Waals surface area contributed by atoms with Crippen LogP contribution in [0, 0.1) is 0 Å². The standard InChI is InChI=1S/C52H32N4O/c1-3-14-36(15-4-1)55(37-16-5-2-6-17-37)38-26-29-45-43(32-38)49-39-18-8-7-13-33(39)24-28-46(49)56(45)52-53-44-21-11-9-19-41(44)51(54-52)35-23-27-40-34(31-35)25-30-48-50(40)42-20-10-12-22-47(42)57-48/h1-32H. The summed E-state index contributed by atoms with van der Waals surface area (Å²) in [6.07, 6.45) is 0. The largest absolute Gasteiger partial charge is 0.456 e. The Kier molecular flexibility index (Phi) is 6.86. The van der Waals surface area contributed by atoms with Crippen molar-refractivity contribution in [1.29, 1.82) is 0 Å². The summed E-state index contributed by atoms with van der Waals surface area (Å²) in [4.78, 5) is 13.1. The second-order valence-corrected chi connectivity index (χ2v) is 14.6. The minimum atomic E-state index is 0.631. The number of hydrogen-bond donors (Lipinski definition) is 0. The van der Waals surface area contributed by atoms with Gasteiger partial charge in [0.1, 0.15) is 11.2 Å². The number of furan rings is 1. The van der Waals surface area contributed by atoms with Gasteiger partial charge in [-0.1, -0.05) is 121 Å². The van der Waals surface area contributed by atoms with Gasteiger partial charge in [0.25, 0.3) is 0 Å². The minimum Gasteiger partial charge on any atom is -0.456 e. The van der Waals surface area contributed by atoms with Crippen LogP contribution in [0.2, 0.25) is 0 Å². The van der Waals surface area contributed by atoms with Crippen LogP contribution in [0.1, 0.15) is 0 Å². The highest BCUT2D eigenvalue weighted by atomic mass is 16.3. The fourth-order valence-corrected chi connectivity index (χ4v) is 8.82. The van der Waals surface area contributed by atoms with Gasteiger partial charge < -0.3 is 9.32 Å². The Bertz CT molecular complexity index is 3490. The molecule has 0 saturated carbocycles. The molecule has 12 aromatic rings. The Labute approximate surface area is 327 Å². The van der Waals surface area contributed by atoms with Crippen molar-refractivity contribution < 1.29 is 4.42 Å². The average Bonchev–Trinajstić information content (AvgIpc) is 3.83. The Balaban J connectivity index is 1.11. The number of para-hydroxylation sites is 4. The number of nitrogens with zero attached hydrogens (tertiary/aromatic N) is 4. The lowest BCUT2D eigenvalue weighted by atomic mass is 9.99. The zero-order valence-electron chi connectivity index (χ0n) is 30.7. The van der Waals surface area contributed by atoms with Gasteiger partial charge in [-0.05, 0) is 94.3 Å². The SMILES string of the molecule is c1ccc(N(c2ccccc2)c2ccc3c(c2)c2c4ccccc4ccc2n3-c2nc(-c3ccc4c(ccc5oc6ccccc6c54)c3)c3ccccc3n2)cc1. The summed E-state index contributed by atoms with van der Waals surface area (Å²) in [6.45, 7) is 0. The van der Waals surface area contributed by atoms with Crippen molar-refractivity contribution in [1.82, 2.24) is 14.5 Å². The van der Waals surface area contributed by atoms with Gasteiger partial charge in [0.2, 0.25) is 5.95 Å². The van der Waals surface area contributed by atoms with Crippen molar-refractivity contribution in [3.05, 3.63) is 194 Å². The van der Waals surface area contributed by atoms with E-state index in [0.29, 0.717) is 5.95 Å². The minimum absolute atomic E-state index is 0.631. The zero-order valence-corrected chi connectivity index (χ0v) is 30.7. The highest BCUT2D eigenvalue weighted by Gasteiger charge is 2.21. The zero-order chi connectivity index (χ0) is 37.5. The highest BCUT2D eigenvalue weighted by molar-refractivity contribution is 6.22. The molecule has 266 valence electrons. The third-order valence-corrected chi connectivity index (χ3v) is 11.3. The Morgan fingerprint density at radius 2 is 1.07 bits per heavy atom. The van der Waals surface area contributed by atoms with Crippen molar-refractivity contribution in [2.45, 2.75) is 0 Å². The summed E-state index contributed by atoms with van der Waals surface area (Å²) < 4.78 is 8.47. The Morgan fingerprint density at radius 1 is 0.404 bits per heavy atom. The van der Waals surface area contributed by atoms with E-state index in [0.717, 1.165) is 88.4 Å². The van der Waals surface area contributed by atoms with Crippen LogP contribution in [0.15, 0.2) is 199 Å². The average molecular weight is 729 g/mol. The van der Waals surface area contributed by atoms with Gasteiger partial charge in [-0.2, -0.15) is 0 Å². The van der Waals surface area contributed by atoms with E-state index in [-0.39, 0.29) is 0 Å². The maximum atomic E-state index is 6.23. The number of rotatable bonds is 5. The summed E-state index contributed by atoms with van der Waals surface area (Å²) in [5.74, 6) is 0.631. The van der Waals surface area contributed by atoms with Crippen molar-refractivity contribution in [3.63, 3.8) is 0 Å². The fraction of sp³-hybridized carbons (Fsp3) is 0. The first-order chi connectivity index (χ1) is 28.3. The molecule has 0 saturated heterocycles. The summed E-state index contributed by atoms with van der Waals surface area (Å²) in [5, 5.41) is 10.2. The van der Waals surface area contributed by atoms with Crippen molar-refractivity contribution in [2.75, 3.05) is 4.90 Å². The molecule has 0 aliphatic rings. The van der Waals surface area contributed by atoms with Gasteiger partial charge in [-0.15, -0.1) is 0 Å². The van der Waals surface area contributed by atoms with Crippen LogP contribution >= 0.6 is 0 Å². The number of hydrogen-bond acceptors (Lipinski definition) is 4. The molecule has 0 N–H and O–H groups in total. The van der Waals surface area contributed by atoms with Crippen LogP contribution < -0.4 is 4.90 Å². The van der Waals surface area contributed by atoms with Crippen LogP contribution in [0.5, 0.6) is 0 Å². The predicted octanol–water partition coefficient (Wildman–Crippen LogP) is 14.1. The predicted molar refractivity (Wildman–Crippen MR) is 236 cm³/mol. The molecule has 0 radical (unpaired) electrons. The van der Waals surface area contributed by atoms with E-state index in [1.54, 1.807) is 0 Å². The molecule has 0 spiro atoms. The van der Waals surface area contributed by atoms with Crippen LogP contribution in [-0.4, -0.2) is 14.5 Å². The second-order valence-electron chi connectivity index (χ2n) is 14.6. The molecule has 3 aromatic heterocycles. The number of anilines is 3. The summed E-state index contributed by atoms with van der Waals surface area (Å²) >= 11 is 0. The Morgan fingerprint density at radius 3 is 1.89 bits per heavy atom. The van der Waals surface area contributed by atoms with E-state index in [1.165, 1.54) is 16.2 Å². The lowest BCUT2D eigenvalue weighted by Crippen LogP contribution is -2.09. The smallest absolute Gasteiger partial charge is 0.235 e. The third-order valence-electron chi connectivity index (χ3n) is 11.3. The molecule has 5 nitrogen and oxygen atoms in total. The third kappa shape index (κ3) is 4.89. The monoisotopic (exact) mass is 728 g/mol. The number of benzene rings is 9. The molecule has 3 heterocycles. The lowest BCUT2D eigenvalue weighted by molar-refractivity contribution is 0.669. The van der Waals surface area contributed by atoms with E-state index in [2.05, 4.69) is 191 Å². The lowest BCUT2D eigenvalue weighted by Gasteiger charge is -2.25. The van der Waals surface area contributed by atoms with Gasteiger partial charge in [0.05, 0.1) is 22.2 Å². The summed E-state index contributed by atoms with van der Waals surface area (Å²) in [7, 11) is 0. The summed E-state index contributed by atoms with van der Waals surface area (Å²) in [5.41, 5.74) is 9.96. The molecule has 0 bridgehead atoms. The van der Waals surface area contributed by atoms with Crippen molar-refractivity contribution in [2.24, 2.45) is 0 Å². The Hall–Kier alpha value is -7.76. The maximum absolute atomic E-state index is 6.23. The topological polar surface area (TPSA) is 47.1 Å². The molecule has 0 fully saturated rings. The van der Waals surface area contributed by atoms with Gasteiger partial charge in [0, 0.05) is 49.6 Å². The van der Waals surface area contributed by atoms with Gasteiger partial charge in [0.15, 0.2) is 0 Å². The molecule has 57 heavy (non-hydrogen) atoms. The molecule has 0 aliphatic carbocycles. The van der Waals surface area contributed by atoms with Crippen LogP contribution in [0.25, 0.3) is 93.4 Å². The first-order valence-electron chi connectivity index (χ1n) is 19.2. The highest BCUT2D eigenvalue weighted by Crippen LogP contribution is 2.42. The number of fused-ring (bicyclic) bond motifs is 11. The molecule has 0 aliphatic heterocycles. The molecular weight excluding hydrogens is 697 g/mol. The molecule has 0 unspecified atom stereocenters. The van der Waals surface area contributed by atoms with E-state index in [9.17, 15) is 0 Å². The molecule has 0 amide bonds. The van der Waals surface area contributed by atoms with Crippen LogP contribution in [-0.2, 0) is 0 Å². The first-order valence-corrected chi connectivity index (χ1v) is 19.2. The van der Waals surface area contributed by atoms with Gasteiger partial charge >= 0.3 is 0 Å². The molecule has 5 heteroatoms. The maximum Gasteiger partial charge on any atom is 0.235 e. The fourth-order valence-electron chi connectivity index (χ4n) is 8.82. The normalized spacial score (nSPS) is 11.9.